The molecule has 98 valence electrons. The van der Waals surface area contributed by atoms with Crippen molar-refractivity contribution in [3.8, 4) is 0 Å². The number of H-pyrrole nitrogens is 1. The maximum atomic E-state index is 6.26. The van der Waals surface area contributed by atoms with Crippen molar-refractivity contribution in [1.29, 1.82) is 0 Å². The monoisotopic (exact) mass is 254 g/mol. The largest absolute Gasteiger partial charge is 0.466 e. The predicted molar refractivity (Wildman–Crippen MR) is 77.1 cm³/mol. The molecule has 0 aliphatic heterocycles. The lowest BCUT2D eigenvalue weighted by Crippen LogP contribution is -2.13. The highest BCUT2D eigenvalue weighted by Gasteiger charge is 2.12. The van der Waals surface area contributed by atoms with Gasteiger partial charge in [0.2, 0.25) is 0 Å². The fourth-order valence-electron chi connectivity index (χ4n) is 2.45. The Labute approximate surface area is 112 Å². The molecule has 3 rings (SSSR count). The number of nitrogens with two attached hydrogens (primary N) is 1. The van der Waals surface area contributed by atoms with E-state index >= 15 is 0 Å². The van der Waals surface area contributed by atoms with Crippen LogP contribution in [0.1, 0.15) is 28.8 Å². The van der Waals surface area contributed by atoms with Crippen molar-refractivity contribution in [1.82, 2.24) is 4.98 Å². The molecule has 2 aromatic heterocycles. The Kier molecular flexibility index (Phi) is 2.91. The van der Waals surface area contributed by atoms with Crippen molar-refractivity contribution in [3.05, 3.63) is 59.2 Å². The summed E-state index contributed by atoms with van der Waals surface area (Å²) in [7, 11) is 0. The second kappa shape index (κ2) is 4.59. The quantitative estimate of drug-likeness (QED) is 0.750. The van der Waals surface area contributed by atoms with E-state index in [1.54, 1.807) is 0 Å². The molecule has 0 fully saturated rings. The number of rotatable bonds is 3. The Morgan fingerprint density at radius 3 is 2.74 bits per heavy atom. The number of hydrogen-bond acceptors (Lipinski definition) is 2. The van der Waals surface area contributed by atoms with Gasteiger partial charge in [0, 0.05) is 23.0 Å². The number of aromatic amines is 1. The maximum absolute atomic E-state index is 6.26. The molecule has 2 heterocycles. The SMILES string of the molecule is Cc1ccc(CC(N)c2cc3c(C)cccc3[nH]2)o1. The van der Waals surface area contributed by atoms with Crippen LogP contribution >= 0.6 is 0 Å². The van der Waals surface area contributed by atoms with E-state index in [0.717, 1.165) is 22.7 Å². The topological polar surface area (TPSA) is 55.0 Å². The lowest BCUT2D eigenvalue weighted by atomic mass is 10.1. The molecule has 3 nitrogen and oxygen atoms in total. The van der Waals surface area contributed by atoms with E-state index < -0.39 is 0 Å². The molecule has 0 saturated carbocycles. The minimum Gasteiger partial charge on any atom is -0.466 e. The van der Waals surface area contributed by atoms with Crippen LogP contribution in [0.4, 0.5) is 0 Å². The van der Waals surface area contributed by atoms with Gasteiger partial charge in [0.25, 0.3) is 0 Å². The Hall–Kier alpha value is -2.00. The van der Waals surface area contributed by atoms with Gasteiger partial charge < -0.3 is 15.1 Å². The van der Waals surface area contributed by atoms with Gasteiger partial charge >= 0.3 is 0 Å². The van der Waals surface area contributed by atoms with Crippen LogP contribution < -0.4 is 5.73 Å². The second-order valence-electron chi connectivity index (χ2n) is 5.08. The third-order valence-corrected chi connectivity index (χ3v) is 3.52. The van der Waals surface area contributed by atoms with Crippen molar-refractivity contribution in [2.24, 2.45) is 5.73 Å². The van der Waals surface area contributed by atoms with Crippen LogP contribution in [0.25, 0.3) is 10.9 Å². The summed E-state index contributed by atoms with van der Waals surface area (Å²) in [5, 5.41) is 1.24. The predicted octanol–water partition coefficient (Wildman–Crippen LogP) is 3.62. The first-order chi connectivity index (χ1) is 9.13. The molecule has 0 aliphatic carbocycles. The number of furan rings is 1. The molecule has 0 spiro atoms. The summed E-state index contributed by atoms with van der Waals surface area (Å²) in [6.07, 6.45) is 0.708. The fourth-order valence-corrected chi connectivity index (χ4v) is 2.45. The standard InChI is InChI=1S/C16H18N2O/c1-10-4-3-5-15-13(10)9-16(18-15)14(17)8-12-7-6-11(2)19-12/h3-7,9,14,18H,8,17H2,1-2H3. The van der Waals surface area contributed by atoms with Gasteiger partial charge in [-0.1, -0.05) is 12.1 Å². The van der Waals surface area contributed by atoms with Gasteiger partial charge in [-0.3, -0.25) is 0 Å². The summed E-state index contributed by atoms with van der Waals surface area (Å²) in [6, 6.07) is 12.3. The minimum absolute atomic E-state index is 0.0719. The van der Waals surface area contributed by atoms with Gasteiger partial charge in [-0.25, -0.2) is 0 Å². The van der Waals surface area contributed by atoms with Gasteiger partial charge in [0.05, 0.1) is 6.04 Å². The first-order valence-electron chi connectivity index (χ1n) is 6.52. The third kappa shape index (κ3) is 2.29. The van der Waals surface area contributed by atoms with Crippen molar-refractivity contribution < 1.29 is 4.42 Å². The summed E-state index contributed by atoms with van der Waals surface area (Å²) in [6.45, 7) is 4.06. The number of aromatic nitrogens is 1. The first-order valence-corrected chi connectivity index (χ1v) is 6.52. The molecule has 3 heteroatoms. The summed E-state index contributed by atoms with van der Waals surface area (Å²) >= 11 is 0. The van der Waals surface area contributed by atoms with E-state index in [-0.39, 0.29) is 6.04 Å². The molecule has 3 aromatic rings. The number of hydrogen-bond donors (Lipinski definition) is 2. The summed E-state index contributed by atoms with van der Waals surface area (Å²) in [4.78, 5) is 3.40. The number of nitrogens with one attached hydrogen (secondary N) is 1. The Balaban J connectivity index is 1.89. The number of fused-ring (bicyclic) bond motifs is 1. The van der Waals surface area contributed by atoms with Gasteiger partial charge in [-0.15, -0.1) is 0 Å². The molecule has 1 aromatic carbocycles. The highest BCUT2D eigenvalue weighted by atomic mass is 16.3. The van der Waals surface area contributed by atoms with Crippen LogP contribution in [0.5, 0.6) is 0 Å². The van der Waals surface area contributed by atoms with Crippen molar-refractivity contribution in [2.45, 2.75) is 26.3 Å². The zero-order valence-corrected chi connectivity index (χ0v) is 11.2. The summed E-state index contributed by atoms with van der Waals surface area (Å²) < 4.78 is 5.58. The van der Waals surface area contributed by atoms with Crippen molar-refractivity contribution in [2.75, 3.05) is 0 Å². The van der Waals surface area contributed by atoms with Gasteiger partial charge in [-0.05, 0) is 43.7 Å². The molecule has 1 unspecified atom stereocenters. The lowest BCUT2D eigenvalue weighted by Gasteiger charge is -2.07. The molecular formula is C16H18N2O. The zero-order valence-electron chi connectivity index (χ0n) is 11.2. The number of benzene rings is 1. The number of aryl methyl sites for hydroxylation is 2. The molecule has 3 N–H and O–H groups in total. The Morgan fingerprint density at radius 1 is 1.21 bits per heavy atom. The molecule has 0 bridgehead atoms. The maximum Gasteiger partial charge on any atom is 0.106 e. The van der Waals surface area contributed by atoms with Crippen molar-refractivity contribution >= 4 is 10.9 Å². The molecule has 19 heavy (non-hydrogen) atoms. The van der Waals surface area contributed by atoms with E-state index in [2.05, 4.69) is 36.2 Å². The highest BCUT2D eigenvalue weighted by Crippen LogP contribution is 2.24. The van der Waals surface area contributed by atoms with Crippen LogP contribution in [-0.4, -0.2) is 4.98 Å². The molecular weight excluding hydrogens is 236 g/mol. The smallest absolute Gasteiger partial charge is 0.106 e. The van der Waals surface area contributed by atoms with Crippen LogP contribution in [0.2, 0.25) is 0 Å². The summed E-state index contributed by atoms with van der Waals surface area (Å²) in [5.74, 6) is 1.86. The van der Waals surface area contributed by atoms with E-state index in [1.807, 2.05) is 19.1 Å². The molecule has 0 radical (unpaired) electrons. The van der Waals surface area contributed by atoms with Gasteiger partial charge in [-0.2, -0.15) is 0 Å². The third-order valence-electron chi connectivity index (χ3n) is 3.52. The molecule has 1 atom stereocenters. The lowest BCUT2D eigenvalue weighted by molar-refractivity contribution is 0.465. The van der Waals surface area contributed by atoms with E-state index in [9.17, 15) is 0 Å². The Bertz CT molecular complexity index is 708. The van der Waals surface area contributed by atoms with E-state index in [0.29, 0.717) is 6.42 Å². The highest BCUT2D eigenvalue weighted by molar-refractivity contribution is 5.83. The van der Waals surface area contributed by atoms with E-state index in [4.69, 9.17) is 10.2 Å². The second-order valence-corrected chi connectivity index (χ2v) is 5.08. The van der Waals surface area contributed by atoms with Crippen LogP contribution in [0, 0.1) is 13.8 Å². The van der Waals surface area contributed by atoms with Crippen molar-refractivity contribution in [3.63, 3.8) is 0 Å². The van der Waals surface area contributed by atoms with Gasteiger partial charge in [0.1, 0.15) is 11.5 Å². The van der Waals surface area contributed by atoms with Crippen LogP contribution in [0.3, 0.4) is 0 Å². The molecule has 0 amide bonds. The van der Waals surface area contributed by atoms with E-state index in [1.165, 1.54) is 10.9 Å². The van der Waals surface area contributed by atoms with Crippen LogP contribution in [0.15, 0.2) is 40.8 Å². The van der Waals surface area contributed by atoms with Crippen LogP contribution in [-0.2, 0) is 6.42 Å². The van der Waals surface area contributed by atoms with Gasteiger partial charge in [0.15, 0.2) is 0 Å². The average molecular weight is 254 g/mol. The first kappa shape index (κ1) is 12.1. The molecule has 0 aliphatic rings. The zero-order chi connectivity index (χ0) is 13.4. The summed E-state index contributed by atoms with van der Waals surface area (Å²) in [5.41, 5.74) is 9.72. The Morgan fingerprint density at radius 2 is 2.05 bits per heavy atom. The fraction of sp³-hybridized carbons (Fsp3) is 0.250. The average Bonchev–Trinajstić information content (AvgIpc) is 2.96. The minimum atomic E-state index is -0.0719. The molecule has 0 saturated heterocycles. The normalized spacial score (nSPS) is 13.0.